The zero-order valence-corrected chi connectivity index (χ0v) is 8.09. The van der Waals surface area contributed by atoms with Gasteiger partial charge in [-0.1, -0.05) is 0 Å². The Balaban J connectivity index is 0. The van der Waals surface area contributed by atoms with Crippen LogP contribution in [-0.2, 0) is 9.74 Å². The zero-order valence-electron chi connectivity index (χ0n) is 3.61. The Morgan fingerprint density at radius 2 is 1.88 bits per heavy atom. The molecule has 1 radical (unpaired) electrons. The molecule has 0 aromatic heterocycles. The molecule has 0 spiro atoms. The van der Waals surface area contributed by atoms with Crippen molar-refractivity contribution < 1.29 is 23.0 Å². The molecule has 45 valence electrons. The summed E-state index contributed by atoms with van der Waals surface area (Å²) in [6, 6.07) is 0. The fourth-order valence-electron chi connectivity index (χ4n) is 0.0337. The van der Waals surface area contributed by atoms with Crippen LogP contribution in [-0.4, -0.2) is 39.7 Å². The molecule has 0 saturated heterocycles. The molecule has 0 aliphatic heterocycles. The third-order valence-corrected chi connectivity index (χ3v) is 0.254. The maximum Gasteiger partial charge on any atom is 0.414 e. The molecule has 0 rings (SSSR count). The maximum atomic E-state index is 10.7. The molecule has 6 heteroatoms. The number of alkyl halides is 2. The minimum absolute atomic E-state index is 0. The second-order valence-corrected chi connectivity index (χ2v) is 0.697. The van der Waals surface area contributed by atoms with Gasteiger partial charge in [-0.2, -0.15) is 8.78 Å². The molecule has 0 aliphatic rings. The summed E-state index contributed by atoms with van der Waals surface area (Å²) in [5.74, 6) is -2.15. The van der Waals surface area contributed by atoms with E-state index in [1.54, 1.807) is 0 Å². The summed E-state index contributed by atoms with van der Waals surface area (Å²) in [5, 5.41) is 0. The van der Waals surface area contributed by atoms with Crippen LogP contribution in [0.15, 0.2) is 0 Å². The van der Waals surface area contributed by atoms with E-state index in [1.165, 1.54) is 0 Å². The van der Waals surface area contributed by atoms with Crippen LogP contribution in [0.1, 0.15) is 0 Å². The van der Waals surface area contributed by atoms with Crippen molar-refractivity contribution in [1.82, 2.24) is 0 Å². The first-order valence-corrected chi connectivity index (χ1v) is 1.29. The fourth-order valence-corrected chi connectivity index (χ4v) is 0.0337. The van der Waals surface area contributed by atoms with E-state index in [1.807, 2.05) is 0 Å². The van der Waals surface area contributed by atoms with Gasteiger partial charge in [-0.05, 0) is 0 Å². The van der Waals surface area contributed by atoms with Gasteiger partial charge >= 0.3 is 12.4 Å². The van der Waals surface area contributed by atoms with Crippen LogP contribution < -0.4 is 0 Å². The molecule has 8 heavy (non-hydrogen) atoms. The number of rotatable bonds is 1. The molecule has 0 amide bonds. The predicted molar refractivity (Wildman–Crippen MR) is 19.0 cm³/mol. The molecular formula is C2HF3O2Tl. The van der Waals surface area contributed by atoms with Gasteiger partial charge in [0, 0.05) is 31.8 Å². The number of carbonyl (C=O) groups is 1. The molecule has 0 aromatic carbocycles. The first kappa shape index (κ1) is 11.0. The monoisotopic (exact) mass is 319 g/mol. The van der Waals surface area contributed by atoms with Crippen molar-refractivity contribution in [3.05, 3.63) is 0 Å². The molecule has 0 unspecified atom stereocenters. The van der Waals surface area contributed by atoms with Gasteiger partial charge in [-0.25, -0.2) is 9.74 Å². The maximum absolute atomic E-state index is 10.7. The summed E-state index contributed by atoms with van der Waals surface area (Å²) in [4.78, 5) is 11.3. The van der Waals surface area contributed by atoms with Crippen LogP contribution in [0.5, 0.6) is 0 Å². The Labute approximate surface area is 63.1 Å². The van der Waals surface area contributed by atoms with Crippen molar-refractivity contribution in [2.45, 2.75) is 6.43 Å². The Kier molecular flexibility index (Phi) is 7.35. The van der Waals surface area contributed by atoms with Crippen LogP contribution in [0.2, 0.25) is 0 Å². The summed E-state index contributed by atoms with van der Waals surface area (Å²) in [5.41, 5.74) is 0. The van der Waals surface area contributed by atoms with E-state index in [0.29, 0.717) is 0 Å². The minimum atomic E-state index is -3.37. The quantitative estimate of drug-likeness (QED) is 0.650. The van der Waals surface area contributed by atoms with Crippen LogP contribution in [0, 0.1) is 0 Å². The molecule has 0 saturated carbocycles. The van der Waals surface area contributed by atoms with Gasteiger partial charge in [0.25, 0.3) is 0 Å². The normalized spacial score (nSPS) is 8.00. The number of halogens is 3. The second-order valence-electron chi connectivity index (χ2n) is 0.697. The summed E-state index contributed by atoms with van der Waals surface area (Å²) < 4.78 is 31.7. The van der Waals surface area contributed by atoms with Crippen molar-refractivity contribution in [2.75, 3.05) is 0 Å². The van der Waals surface area contributed by atoms with E-state index in [2.05, 4.69) is 4.94 Å². The van der Waals surface area contributed by atoms with Gasteiger partial charge in [-0.15, -0.1) is 0 Å². The van der Waals surface area contributed by atoms with E-state index in [4.69, 9.17) is 4.79 Å². The standard InChI is InChI=1S/C2HF3O2.Tl/c3-1(4)2(6)7-5;/h1H;. The summed E-state index contributed by atoms with van der Waals surface area (Å²) in [6.45, 7) is 0. The number of hydrogen-bond acceptors (Lipinski definition) is 2. The van der Waals surface area contributed by atoms with Crippen molar-refractivity contribution in [2.24, 2.45) is 0 Å². The Hall–Kier alpha value is 0.182. The molecule has 2 nitrogen and oxygen atoms in total. The van der Waals surface area contributed by atoms with Crippen LogP contribution in [0.25, 0.3) is 0 Å². The molecule has 0 heterocycles. The van der Waals surface area contributed by atoms with E-state index in [9.17, 15) is 13.3 Å². The Morgan fingerprint density at radius 1 is 1.50 bits per heavy atom. The summed E-state index contributed by atoms with van der Waals surface area (Å²) in [7, 11) is 0. The van der Waals surface area contributed by atoms with Gasteiger partial charge in [-0.3, -0.25) is 0 Å². The zero-order chi connectivity index (χ0) is 5.86. The smallest absolute Gasteiger partial charge is 0.248 e. The molecule has 0 aliphatic carbocycles. The molecule has 0 bridgehead atoms. The SMILES string of the molecule is O=C(OF)C(F)F.[Tl]. The van der Waals surface area contributed by atoms with Crippen molar-refractivity contribution in [3.8, 4) is 0 Å². The topological polar surface area (TPSA) is 26.3 Å². The molecular weight excluding hydrogens is 317 g/mol. The molecule has 0 fully saturated rings. The molecule has 0 atom stereocenters. The van der Waals surface area contributed by atoms with Crippen molar-refractivity contribution >= 4 is 33.3 Å². The third kappa shape index (κ3) is 4.34. The third-order valence-electron chi connectivity index (χ3n) is 0.254. The number of carbonyl (C=O) groups excluding carboxylic acids is 1. The average molecular weight is 318 g/mol. The first-order valence-electron chi connectivity index (χ1n) is 1.29. The van der Waals surface area contributed by atoms with Gasteiger partial charge in [0.1, 0.15) is 0 Å². The predicted octanol–water partition coefficient (Wildman–Crippen LogP) is 0.298. The number of hydrogen-bond donors (Lipinski definition) is 0. The van der Waals surface area contributed by atoms with E-state index in [-0.39, 0.29) is 27.3 Å². The van der Waals surface area contributed by atoms with Gasteiger partial charge in [0.2, 0.25) is 0 Å². The van der Waals surface area contributed by atoms with E-state index < -0.39 is 12.4 Å². The van der Waals surface area contributed by atoms with Crippen LogP contribution >= 0.6 is 0 Å². The second kappa shape index (κ2) is 5.32. The summed E-state index contributed by atoms with van der Waals surface area (Å²) >= 11 is 0. The van der Waals surface area contributed by atoms with Crippen molar-refractivity contribution in [1.29, 1.82) is 0 Å². The molecule has 0 N–H and O–H groups in total. The van der Waals surface area contributed by atoms with Crippen molar-refractivity contribution in [3.63, 3.8) is 0 Å². The average Bonchev–Trinajstić information content (AvgIpc) is 1.65. The minimum Gasteiger partial charge on any atom is -0.248 e. The largest absolute Gasteiger partial charge is 0.414 e. The molecule has 0 aromatic rings. The Morgan fingerprint density at radius 3 is 1.88 bits per heavy atom. The first-order chi connectivity index (χ1) is 3.18. The van der Waals surface area contributed by atoms with Gasteiger partial charge < -0.3 is 0 Å². The van der Waals surface area contributed by atoms with E-state index >= 15 is 0 Å². The Bertz CT molecular complexity index is 75.7. The van der Waals surface area contributed by atoms with E-state index in [0.717, 1.165) is 0 Å². The summed E-state index contributed by atoms with van der Waals surface area (Å²) in [6.07, 6.45) is -3.37. The fraction of sp³-hybridized carbons (Fsp3) is 0.500. The van der Waals surface area contributed by atoms with Gasteiger partial charge in [0.05, 0.1) is 0 Å². The van der Waals surface area contributed by atoms with Gasteiger partial charge in [0.15, 0.2) is 0 Å². The van der Waals surface area contributed by atoms with Crippen LogP contribution in [0.3, 0.4) is 0 Å². The van der Waals surface area contributed by atoms with Crippen LogP contribution in [0.4, 0.5) is 13.3 Å².